The molecule has 0 spiro atoms. The molecular weight excluding hydrogens is 252 g/mol. The largest absolute Gasteiger partial charge is 0.324 e. The van der Waals surface area contributed by atoms with Gasteiger partial charge in [-0.25, -0.2) is 0 Å². The Morgan fingerprint density at radius 3 is 3.05 bits per heavy atom. The predicted molar refractivity (Wildman–Crippen MR) is 77.4 cm³/mol. The molecule has 2 heterocycles. The van der Waals surface area contributed by atoms with Crippen molar-refractivity contribution in [2.75, 3.05) is 11.9 Å². The van der Waals surface area contributed by atoms with Crippen LogP contribution in [0.25, 0.3) is 0 Å². The van der Waals surface area contributed by atoms with Crippen LogP contribution in [0.5, 0.6) is 0 Å². The van der Waals surface area contributed by atoms with Crippen molar-refractivity contribution in [2.45, 2.75) is 25.4 Å². The van der Waals surface area contributed by atoms with Crippen LogP contribution in [0.15, 0.2) is 42.7 Å². The van der Waals surface area contributed by atoms with Crippen molar-refractivity contribution >= 4 is 11.6 Å². The molecule has 2 N–H and O–H groups in total. The van der Waals surface area contributed by atoms with Crippen LogP contribution < -0.4 is 10.6 Å². The first kappa shape index (κ1) is 12.9. The van der Waals surface area contributed by atoms with E-state index < -0.39 is 0 Å². The van der Waals surface area contributed by atoms with Gasteiger partial charge in [-0.3, -0.25) is 9.48 Å². The minimum Gasteiger partial charge on any atom is -0.324 e. The molecule has 5 heteroatoms. The monoisotopic (exact) mass is 270 g/mol. The van der Waals surface area contributed by atoms with E-state index in [4.69, 9.17) is 0 Å². The summed E-state index contributed by atoms with van der Waals surface area (Å²) >= 11 is 0. The smallest absolute Gasteiger partial charge is 0.241 e. The number of rotatable bonds is 4. The van der Waals surface area contributed by atoms with E-state index in [1.165, 1.54) is 0 Å². The van der Waals surface area contributed by atoms with Crippen molar-refractivity contribution in [2.24, 2.45) is 0 Å². The zero-order valence-electron chi connectivity index (χ0n) is 11.2. The third-order valence-corrected chi connectivity index (χ3v) is 3.54. The number of carbonyl (C=O) groups excluding carboxylic acids is 1. The van der Waals surface area contributed by atoms with E-state index in [-0.39, 0.29) is 11.9 Å². The lowest BCUT2D eigenvalue weighted by molar-refractivity contribution is -0.117. The van der Waals surface area contributed by atoms with Crippen LogP contribution in [0.2, 0.25) is 0 Å². The number of aromatic nitrogens is 2. The minimum absolute atomic E-state index is 0.0513. The van der Waals surface area contributed by atoms with Crippen molar-refractivity contribution in [3.63, 3.8) is 0 Å². The van der Waals surface area contributed by atoms with E-state index in [1.54, 1.807) is 6.20 Å². The summed E-state index contributed by atoms with van der Waals surface area (Å²) < 4.78 is 1.85. The highest BCUT2D eigenvalue weighted by Gasteiger charge is 2.22. The summed E-state index contributed by atoms with van der Waals surface area (Å²) in [5.41, 5.74) is 1.92. The molecule has 20 heavy (non-hydrogen) atoms. The van der Waals surface area contributed by atoms with Crippen LogP contribution in [0.1, 0.15) is 18.4 Å². The van der Waals surface area contributed by atoms with E-state index >= 15 is 0 Å². The fourth-order valence-corrected chi connectivity index (χ4v) is 2.48. The number of nitrogens with zero attached hydrogens (tertiary/aromatic N) is 2. The fourth-order valence-electron chi connectivity index (χ4n) is 2.48. The van der Waals surface area contributed by atoms with Crippen LogP contribution in [0.4, 0.5) is 5.69 Å². The van der Waals surface area contributed by atoms with Gasteiger partial charge in [0.25, 0.3) is 0 Å². The van der Waals surface area contributed by atoms with Crippen LogP contribution >= 0.6 is 0 Å². The second-order valence-electron chi connectivity index (χ2n) is 5.00. The summed E-state index contributed by atoms with van der Waals surface area (Å²) in [6.07, 6.45) is 5.64. The standard InChI is InChI=1S/C15H18N4O/c20-15(14-7-3-8-16-14)18-13-6-2-1-5-12(13)11-19-10-4-9-17-19/h1-2,4-6,9-10,14,16H,3,7-8,11H2,(H,18,20). The second kappa shape index (κ2) is 5.88. The van der Waals surface area contributed by atoms with Gasteiger partial charge in [-0.1, -0.05) is 18.2 Å². The number of hydrogen-bond donors (Lipinski definition) is 2. The highest BCUT2D eigenvalue weighted by molar-refractivity contribution is 5.95. The molecular formula is C15H18N4O. The summed E-state index contributed by atoms with van der Waals surface area (Å²) in [7, 11) is 0. The minimum atomic E-state index is -0.0623. The zero-order valence-corrected chi connectivity index (χ0v) is 11.2. The first-order valence-electron chi connectivity index (χ1n) is 6.92. The summed E-state index contributed by atoms with van der Waals surface area (Å²) in [6.45, 7) is 1.58. The van der Waals surface area contributed by atoms with Crippen molar-refractivity contribution in [1.82, 2.24) is 15.1 Å². The lowest BCUT2D eigenvalue weighted by Gasteiger charge is -2.14. The first-order valence-corrected chi connectivity index (χ1v) is 6.92. The van der Waals surface area contributed by atoms with Gasteiger partial charge in [0.15, 0.2) is 0 Å². The molecule has 1 saturated heterocycles. The number of hydrogen-bond acceptors (Lipinski definition) is 3. The fraction of sp³-hybridized carbons (Fsp3) is 0.333. The number of para-hydroxylation sites is 1. The Labute approximate surface area is 118 Å². The van der Waals surface area contributed by atoms with Crippen molar-refractivity contribution in [3.05, 3.63) is 48.3 Å². The summed E-state index contributed by atoms with van der Waals surface area (Å²) in [6, 6.07) is 9.69. The van der Waals surface area contributed by atoms with Crippen LogP contribution in [-0.4, -0.2) is 28.3 Å². The average molecular weight is 270 g/mol. The van der Waals surface area contributed by atoms with Crippen molar-refractivity contribution in [1.29, 1.82) is 0 Å². The average Bonchev–Trinajstić information content (AvgIpc) is 3.13. The van der Waals surface area contributed by atoms with Gasteiger partial charge in [-0.2, -0.15) is 5.10 Å². The third-order valence-electron chi connectivity index (χ3n) is 3.54. The van der Waals surface area contributed by atoms with Gasteiger partial charge >= 0.3 is 0 Å². The lowest BCUT2D eigenvalue weighted by Crippen LogP contribution is -2.35. The molecule has 0 saturated carbocycles. The molecule has 2 aromatic rings. The van der Waals surface area contributed by atoms with E-state index in [9.17, 15) is 4.79 Å². The van der Waals surface area contributed by atoms with Gasteiger partial charge in [0, 0.05) is 18.1 Å². The maximum Gasteiger partial charge on any atom is 0.241 e. The highest BCUT2D eigenvalue weighted by atomic mass is 16.2. The summed E-state index contributed by atoms with van der Waals surface area (Å²) in [5.74, 6) is 0.0513. The predicted octanol–water partition coefficient (Wildman–Crippen LogP) is 1.62. The number of amides is 1. The van der Waals surface area contributed by atoms with Crippen molar-refractivity contribution in [3.8, 4) is 0 Å². The molecule has 1 aliphatic rings. The second-order valence-corrected chi connectivity index (χ2v) is 5.00. The van der Waals surface area contributed by atoms with Crippen LogP contribution in [-0.2, 0) is 11.3 Å². The normalized spacial score (nSPS) is 18.1. The van der Waals surface area contributed by atoms with E-state index in [2.05, 4.69) is 15.7 Å². The maximum absolute atomic E-state index is 12.2. The quantitative estimate of drug-likeness (QED) is 0.887. The SMILES string of the molecule is O=C(Nc1ccccc1Cn1cccn1)C1CCCN1. The van der Waals surface area contributed by atoms with Gasteiger partial charge in [-0.05, 0) is 37.1 Å². The van der Waals surface area contributed by atoms with E-state index in [0.29, 0.717) is 6.54 Å². The van der Waals surface area contributed by atoms with E-state index in [1.807, 2.05) is 41.2 Å². The van der Waals surface area contributed by atoms with Gasteiger partial charge in [0.1, 0.15) is 0 Å². The zero-order chi connectivity index (χ0) is 13.8. The Balaban J connectivity index is 1.73. The third kappa shape index (κ3) is 2.88. The molecule has 1 aromatic heterocycles. The molecule has 1 aromatic carbocycles. The maximum atomic E-state index is 12.2. The molecule has 1 aliphatic heterocycles. The number of carbonyl (C=O) groups is 1. The summed E-state index contributed by atoms with van der Waals surface area (Å²) in [5, 5.41) is 10.4. The molecule has 1 unspecified atom stereocenters. The molecule has 5 nitrogen and oxygen atoms in total. The van der Waals surface area contributed by atoms with Crippen molar-refractivity contribution < 1.29 is 4.79 Å². The number of benzene rings is 1. The van der Waals surface area contributed by atoms with E-state index in [0.717, 1.165) is 30.6 Å². The Morgan fingerprint density at radius 1 is 1.40 bits per heavy atom. The summed E-state index contributed by atoms with van der Waals surface area (Å²) in [4.78, 5) is 12.2. The van der Waals surface area contributed by atoms with Gasteiger partial charge < -0.3 is 10.6 Å². The molecule has 3 rings (SSSR count). The Kier molecular flexibility index (Phi) is 3.78. The Morgan fingerprint density at radius 2 is 2.30 bits per heavy atom. The molecule has 1 amide bonds. The van der Waals surface area contributed by atoms with Gasteiger partial charge in [-0.15, -0.1) is 0 Å². The molecule has 104 valence electrons. The first-order chi connectivity index (χ1) is 9.83. The lowest BCUT2D eigenvalue weighted by atomic mass is 10.1. The molecule has 1 fully saturated rings. The molecule has 0 bridgehead atoms. The topological polar surface area (TPSA) is 59.0 Å². The number of anilines is 1. The van der Waals surface area contributed by atoms with Crippen LogP contribution in [0.3, 0.4) is 0 Å². The molecule has 0 aliphatic carbocycles. The number of nitrogens with one attached hydrogen (secondary N) is 2. The Bertz CT molecular complexity index is 573. The van der Waals surface area contributed by atoms with Gasteiger partial charge in [0.2, 0.25) is 5.91 Å². The molecule has 1 atom stereocenters. The molecule has 0 radical (unpaired) electrons. The van der Waals surface area contributed by atoms with Crippen LogP contribution in [0, 0.1) is 0 Å². The Hall–Kier alpha value is -2.14. The van der Waals surface area contributed by atoms with Gasteiger partial charge in [0.05, 0.1) is 12.6 Å². The highest BCUT2D eigenvalue weighted by Crippen LogP contribution is 2.17.